The first-order valence-electron chi connectivity index (χ1n) is 6.47. The minimum atomic E-state index is -0.338. The molecule has 94 valence electrons. The van der Waals surface area contributed by atoms with Crippen LogP contribution in [0.15, 0.2) is 18.2 Å². The lowest BCUT2D eigenvalue weighted by molar-refractivity contribution is 0.132. The molecular weight excluding hydrogens is 212 g/mol. The van der Waals surface area contributed by atoms with Crippen molar-refractivity contribution in [2.24, 2.45) is 11.8 Å². The minimum Gasteiger partial charge on any atom is -0.496 e. The zero-order chi connectivity index (χ0) is 12.4. The Morgan fingerprint density at radius 2 is 2.12 bits per heavy atom. The van der Waals surface area contributed by atoms with Crippen LogP contribution < -0.4 is 4.74 Å². The van der Waals surface area contributed by atoms with Crippen LogP contribution in [0.5, 0.6) is 5.75 Å². The van der Waals surface area contributed by atoms with E-state index in [0.717, 1.165) is 30.6 Å². The summed E-state index contributed by atoms with van der Waals surface area (Å²) in [6, 6.07) is 5.99. The fraction of sp³-hybridized carbons (Fsp3) is 0.600. The number of hydrogen-bond acceptors (Lipinski definition) is 2. The van der Waals surface area contributed by atoms with Gasteiger partial charge in [0.2, 0.25) is 0 Å². The molecule has 2 rings (SSSR count). The number of methoxy groups -OCH3 is 1. The Morgan fingerprint density at radius 3 is 2.76 bits per heavy atom. The SMILES string of the molecule is COc1cccc2c1CC[C@H](C(C)C)CC2O. The van der Waals surface area contributed by atoms with Crippen molar-refractivity contribution < 1.29 is 9.84 Å². The van der Waals surface area contributed by atoms with Gasteiger partial charge in [-0.3, -0.25) is 0 Å². The van der Waals surface area contributed by atoms with Gasteiger partial charge in [0, 0.05) is 0 Å². The predicted molar refractivity (Wildman–Crippen MR) is 69.2 cm³/mol. The Balaban J connectivity index is 2.33. The van der Waals surface area contributed by atoms with Crippen LogP contribution in [-0.2, 0) is 6.42 Å². The zero-order valence-electron chi connectivity index (χ0n) is 10.9. The largest absolute Gasteiger partial charge is 0.496 e. The van der Waals surface area contributed by atoms with E-state index in [0.29, 0.717) is 11.8 Å². The maximum absolute atomic E-state index is 10.3. The van der Waals surface area contributed by atoms with Gasteiger partial charge in [0.15, 0.2) is 0 Å². The van der Waals surface area contributed by atoms with Crippen LogP contribution in [-0.4, -0.2) is 12.2 Å². The molecule has 2 nitrogen and oxygen atoms in total. The number of aliphatic hydroxyl groups excluding tert-OH is 1. The molecule has 0 fully saturated rings. The van der Waals surface area contributed by atoms with Gasteiger partial charge in [0.1, 0.15) is 5.75 Å². The fourth-order valence-corrected chi connectivity index (χ4v) is 2.82. The standard InChI is InChI=1S/C15H22O2/c1-10(2)11-7-8-13-12(14(16)9-11)5-4-6-15(13)17-3/h4-6,10-11,14,16H,7-9H2,1-3H3/t11-,14?/m0/s1. The van der Waals surface area contributed by atoms with Crippen molar-refractivity contribution >= 4 is 0 Å². The first-order chi connectivity index (χ1) is 8.13. The molecule has 1 N–H and O–H groups in total. The van der Waals surface area contributed by atoms with Crippen LogP contribution in [0.1, 0.15) is 43.9 Å². The third kappa shape index (κ3) is 2.47. The van der Waals surface area contributed by atoms with E-state index in [1.807, 2.05) is 18.2 Å². The topological polar surface area (TPSA) is 29.5 Å². The van der Waals surface area contributed by atoms with Gasteiger partial charge in [-0.05, 0) is 48.3 Å². The van der Waals surface area contributed by atoms with Gasteiger partial charge in [-0.25, -0.2) is 0 Å². The van der Waals surface area contributed by atoms with Crippen molar-refractivity contribution in [1.82, 2.24) is 0 Å². The Hall–Kier alpha value is -1.02. The number of rotatable bonds is 2. The third-order valence-corrected chi connectivity index (χ3v) is 3.98. The van der Waals surface area contributed by atoms with Crippen LogP contribution in [0.25, 0.3) is 0 Å². The molecule has 1 aromatic carbocycles. The van der Waals surface area contributed by atoms with Crippen molar-refractivity contribution in [3.8, 4) is 5.75 Å². The van der Waals surface area contributed by atoms with Gasteiger partial charge >= 0.3 is 0 Å². The molecule has 0 heterocycles. The van der Waals surface area contributed by atoms with Gasteiger partial charge in [-0.1, -0.05) is 26.0 Å². The molecule has 17 heavy (non-hydrogen) atoms. The number of fused-ring (bicyclic) bond motifs is 1. The second-order valence-electron chi connectivity index (χ2n) is 5.32. The Kier molecular flexibility index (Phi) is 3.72. The molecule has 1 unspecified atom stereocenters. The molecule has 2 heteroatoms. The summed E-state index contributed by atoms with van der Waals surface area (Å²) in [4.78, 5) is 0. The highest BCUT2D eigenvalue weighted by atomic mass is 16.5. The quantitative estimate of drug-likeness (QED) is 0.795. The summed E-state index contributed by atoms with van der Waals surface area (Å²) < 4.78 is 5.40. The van der Waals surface area contributed by atoms with Gasteiger partial charge in [-0.15, -0.1) is 0 Å². The Labute approximate surface area is 104 Å². The van der Waals surface area contributed by atoms with Crippen molar-refractivity contribution in [3.05, 3.63) is 29.3 Å². The second-order valence-corrected chi connectivity index (χ2v) is 5.32. The van der Waals surface area contributed by atoms with Crippen LogP contribution in [0, 0.1) is 11.8 Å². The highest BCUT2D eigenvalue weighted by Crippen LogP contribution is 2.38. The average molecular weight is 234 g/mol. The van der Waals surface area contributed by atoms with Gasteiger partial charge in [0.25, 0.3) is 0 Å². The van der Waals surface area contributed by atoms with Crippen LogP contribution in [0.4, 0.5) is 0 Å². The summed E-state index contributed by atoms with van der Waals surface area (Å²) in [5.41, 5.74) is 2.26. The smallest absolute Gasteiger partial charge is 0.122 e. The lowest BCUT2D eigenvalue weighted by Crippen LogP contribution is -2.11. The first kappa shape index (κ1) is 12.4. The van der Waals surface area contributed by atoms with Gasteiger partial charge in [-0.2, -0.15) is 0 Å². The van der Waals surface area contributed by atoms with E-state index in [1.165, 1.54) is 5.56 Å². The lowest BCUT2D eigenvalue weighted by Gasteiger charge is -2.20. The highest BCUT2D eigenvalue weighted by molar-refractivity contribution is 5.42. The maximum Gasteiger partial charge on any atom is 0.122 e. The number of hydrogen-bond donors (Lipinski definition) is 1. The maximum atomic E-state index is 10.3. The monoisotopic (exact) mass is 234 g/mol. The fourth-order valence-electron chi connectivity index (χ4n) is 2.82. The van der Waals surface area contributed by atoms with Crippen LogP contribution in [0.3, 0.4) is 0 Å². The van der Waals surface area contributed by atoms with Crippen LogP contribution in [0.2, 0.25) is 0 Å². The predicted octanol–water partition coefficient (Wildman–Crippen LogP) is 3.34. The van der Waals surface area contributed by atoms with Crippen molar-refractivity contribution in [2.75, 3.05) is 7.11 Å². The van der Waals surface area contributed by atoms with Gasteiger partial charge < -0.3 is 9.84 Å². The number of aliphatic hydroxyl groups is 1. The summed E-state index contributed by atoms with van der Waals surface area (Å²) in [7, 11) is 1.70. The normalized spacial score (nSPS) is 24.3. The van der Waals surface area contributed by atoms with E-state index in [4.69, 9.17) is 4.74 Å². The molecule has 0 aromatic heterocycles. The van der Waals surface area contributed by atoms with E-state index in [2.05, 4.69) is 13.8 Å². The molecular formula is C15H22O2. The average Bonchev–Trinajstić information content (AvgIpc) is 2.49. The molecule has 0 bridgehead atoms. The summed E-state index contributed by atoms with van der Waals surface area (Å²) >= 11 is 0. The molecule has 0 amide bonds. The lowest BCUT2D eigenvalue weighted by atomic mass is 9.88. The Bertz CT molecular complexity index is 385. The minimum absolute atomic E-state index is 0.338. The molecule has 0 spiro atoms. The van der Waals surface area contributed by atoms with E-state index < -0.39 is 0 Å². The highest BCUT2D eigenvalue weighted by Gasteiger charge is 2.26. The molecule has 1 aromatic rings. The van der Waals surface area contributed by atoms with E-state index >= 15 is 0 Å². The summed E-state index contributed by atoms with van der Waals surface area (Å²) in [5, 5.41) is 10.3. The molecule has 0 saturated carbocycles. The molecule has 0 saturated heterocycles. The Morgan fingerprint density at radius 1 is 1.35 bits per heavy atom. The summed E-state index contributed by atoms with van der Waals surface area (Å²) in [6.45, 7) is 4.48. The molecule has 0 radical (unpaired) electrons. The molecule has 0 aliphatic heterocycles. The second kappa shape index (κ2) is 5.09. The number of ether oxygens (including phenoxy) is 1. The van der Waals surface area contributed by atoms with Crippen molar-refractivity contribution in [1.29, 1.82) is 0 Å². The van der Waals surface area contributed by atoms with E-state index in [-0.39, 0.29) is 6.10 Å². The summed E-state index contributed by atoms with van der Waals surface area (Å²) in [6.07, 6.45) is 2.69. The van der Waals surface area contributed by atoms with E-state index in [1.54, 1.807) is 7.11 Å². The molecule has 1 aliphatic carbocycles. The van der Waals surface area contributed by atoms with Crippen LogP contribution >= 0.6 is 0 Å². The van der Waals surface area contributed by atoms with Gasteiger partial charge in [0.05, 0.1) is 13.2 Å². The van der Waals surface area contributed by atoms with Crippen molar-refractivity contribution in [3.63, 3.8) is 0 Å². The summed E-state index contributed by atoms with van der Waals surface area (Å²) in [5.74, 6) is 2.15. The first-order valence-corrected chi connectivity index (χ1v) is 6.47. The molecule has 2 atom stereocenters. The zero-order valence-corrected chi connectivity index (χ0v) is 10.9. The third-order valence-electron chi connectivity index (χ3n) is 3.98. The molecule has 1 aliphatic rings. The van der Waals surface area contributed by atoms with E-state index in [9.17, 15) is 5.11 Å². The number of benzene rings is 1. The van der Waals surface area contributed by atoms with Crippen molar-refractivity contribution in [2.45, 2.75) is 39.2 Å².